The van der Waals surface area contributed by atoms with Crippen LogP contribution in [0.3, 0.4) is 0 Å². The number of aromatic amines is 1. The van der Waals surface area contributed by atoms with Crippen molar-refractivity contribution in [2.24, 2.45) is 0 Å². The van der Waals surface area contributed by atoms with Crippen LogP contribution >= 0.6 is 11.6 Å². The maximum absolute atomic E-state index is 15.1. The molecular weight excluding hydrogens is 461 g/mol. The van der Waals surface area contributed by atoms with E-state index in [1.165, 1.54) is 10.6 Å². The van der Waals surface area contributed by atoms with Crippen LogP contribution in [-0.4, -0.2) is 63.6 Å². The Bertz CT molecular complexity index is 1470. The molecule has 1 aromatic carbocycles. The molecule has 1 amide bonds. The van der Waals surface area contributed by atoms with E-state index in [1.807, 2.05) is 6.07 Å². The third-order valence-electron chi connectivity index (χ3n) is 6.16. The first-order chi connectivity index (χ1) is 16.4. The van der Waals surface area contributed by atoms with Crippen molar-refractivity contribution >= 4 is 39.7 Å². The number of aryl methyl sites for hydroxylation is 1. The second-order valence-electron chi connectivity index (χ2n) is 8.36. The highest BCUT2D eigenvalue weighted by atomic mass is 35.5. The van der Waals surface area contributed by atoms with Crippen LogP contribution in [0.2, 0.25) is 5.15 Å². The lowest BCUT2D eigenvalue weighted by atomic mass is 10.1. The molecule has 11 heteroatoms. The zero-order valence-corrected chi connectivity index (χ0v) is 19.5. The van der Waals surface area contributed by atoms with Crippen molar-refractivity contribution in [3.63, 3.8) is 0 Å². The number of halogens is 2. The zero-order chi connectivity index (χ0) is 24.0. The summed E-state index contributed by atoms with van der Waals surface area (Å²) in [6.45, 7) is 5.21. The highest BCUT2D eigenvalue weighted by Crippen LogP contribution is 2.26. The number of fused-ring (bicyclic) bond motifs is 3. The van der Waals surface area contributed by atoms with Gasteiger partial charge in [0.1, 0.15) is 16.7 Å². The maximum Gasteiger partial charge on any atom is 0.274 e. The molecule has 3 aromatic heterocycles. The molecule has 9 nitrogen and oxygen atoms in total. The summed E-state index contributed by atoms with van der Waals surface area (Å²) < 4.78 is 16.4. The molecule has 1 fully saturated rings. The first kappa shape index (κ1) is 22.3. The first-order valence-electron chi connectivity index (χ1n) is 10.9. The van der Waals surface area contributed by atoms with Crippen LogP contribution < -0.4 is 15.8 Å². The largest absolute Gasteiger partial charge is 0.366 e. The number of nitrogens with zero attached hydrogens (tertiary/aromatic N) is 5. The molecule has 176 valence electrons. The van der Waals surface area contributed by atoms with E-state index in [-0.39, 0.29) is 27.8 Å². The Balaban J connectivity index is 1.32. The average Bonchev–Trinajstić information content (AvgIpc) is 3.20. The second kappa shape index (κ2) is 8.69. The van der Waals surface area contributed by atoms with Crippen LogP contribution in [0.5, 0.6) is 0 Å². The fraction of sp³-hybridized carbons (Fsp3) is 0.304. The van der Waals surface area contributed by atoms with Gasteiger partial charge in [0.25, 0.3) is 11.5 Å². The van der Waals surface area contributed by atoms with Gasteiger partial charge in [-0.1, -0.05) is 11.6 Å². The number of piperazine rings is 1. The first-order valence-corrected chi connectivity index (χ1v) is 11.3. The van der Waals surface area contributed by atoms with E-state index in [0.717, 1.165) is 24.3 Å². The van der Waals surface area contributed by atoms with Gasteiger partial charge >= 0.3 is 0 Å². The quantitative estimate of drug-likeness (QED) is 0.432. The number of carbonyl (C=O) groups excluding carboxylic acids is 1. The van der Waals surface area contributed by atoms with Gasteiger partial charge in [-0.2, -0.15) is 5.10 Å². The summed E-state index contributed by atoms with van der Waals surface area (Å²) in [6.07, 6.45) is 1.56. The Morgan fingerprint density at radius 3 is 2.68 bits per heavy atom. The van der Waals surface area contributed by atoms with Gasteiger partial charge in [-0.3, -0.25) is 14.5 Å². The lowest BCUT2D eigenvalue weighted by molar-refractivity contribution is 0.0958. The number of rotatable bonds is 4. The number of carbonyl (C=O) groups is 1. The maximum atomic E-state index is 15.1. The van der Waals surface area contributed by atoms with Crippen molar-refractivity contribution in [2.75, 3.05) is 38.1 Å². The predicted octanol–water partition coefficient (Wildman–Crippen LogP) is 2.35. The summed E-state index contributed by atoms with van der Waals surface area (Å²) in [7, 11) is 1.54. The topological polar surface area (TPSA) is 98.6 Å². The molecule has 0 saturated carbocycles. The van der Waals surface area contributed by atoms with Crippen molar-refractivity contribution < 1.29 is 9.18 Å². The number of H-pyrrole nitrogens is 1. The van der Waals surface area contributed by atoms with E-state index in [4.69, 9.17) is 11.6 Å². The number of hydrogen-bond acceptors (Lipinski definition) is 6. The Kier molecular flexibility index (Phi) is 5.70. The molecule has 0 aliphatic carbocycles. The Morgan fingerprint density at radius 2 is 1.97 bits per heavy atom. The molecule has 0 radical (unpaired) electrons. The normalized spacial score (nSPS) is 14.8. The van der Waals surface area contributed by atoms with Crippen molar-refractivity contribution in [3.8, 4) is 0 Å². The molecule has 4 aromatic rings. The Morgan fingerprint density at radius 1 is 1.21 bits per heavy atom. The summed E-state index contributed by atoms with van der Waals surface area (Å²) in [5, 5.41) is 7.00. The molecule has 0 unspecified atom stereocenters. The summed E-state index contributed by atoms with van der Waals surface area (Å²) in [5.41, 5.74) is 3.26. The van der Waals surface area contributed by atoms with Gasteiger partial charge in [-0.05, 0) is 36.8 Å². The second-order valence-corrected chi connectivity index (χ2v) is 8.72. The van der Waals surface area contributed by atoms with Crippen molar-refractivity contribution in [3.05, 3.63) is 68.6 Å². The fourth-order valence-corrected chi connectivity index (χ4v) is 4.71. The number of amides is 1. The monoisotopic (exact) mass is 483 g/mol. The molecular formula is C23H23ClFN7O2. The number of pyridine rings is 1. The molecule has 4 heterocycles. The molecule has 0 bridgehead atoms. The van der Waals surface area contributed by atoms with E-state index in [9.17, 15) is 9.59 Å². The molecule has 1 aliphatic rings. The van der Waals surface area contributed by atoms with Gasteiger partial charge in [-0.25, -0.2) is 13.9 Å². The molecule has 2 N–H and O–H groups in total. The zero-order valence-electron chi connectivity index (χ0n) is 18.7. The molecule has 1 aliphatic heterocycles. The number of benzene rings is 1. The third-order valence-corrected chi connectivity index (χ3v) is 6.44. The van der Waals surface area contributed by atoms with Crippen LogP contribution in [0.4, 0.5) is 10.1 Å². The number of hydrogen-bond donors (Lipinski definition) is 2. The summed E-state index contributed by atoms with van der Waals surface area (Å²) in [5.74, 6) is -0.713. The van der Waals surface area contributed by atoms with E-state index in [1.54, 1.807) is 32.3 Å². The minimum Gasteiger partial charge on any atom is -0.366 e. The summed E-state index contributed by atoms with van der Waals surface area (Å²) in [6, 6.07) is 6.77. The van der Waals surface area contributed by atoms with Gasteiger partial charge in [0.2, 0.25) is 0 Å². The summed E-state index contributed by atoms with van der Waals surface area (Å²) >= 11 is 6.33. The van der Waals surface area contributed by atoms with Gasteiger partial charge in [0, 0.05) is 45.3 Å². The van der Waals surface area contributed by atoms with Gasteiger partial charge in [-0.15, -0.1) is 0 Å². The van der Waals surface area contributed by atoms with E-state index in [2.05, 4.69) is 30.2 Å². The lowest BCUT2D eigenvalue weighted by Gasteiger charge is -2.36. The smallest absolute Gasteiger partial charge is 0.274 e. The number of nitrogens with one attached hydrogen (secondary N) is 2. The third kappa shape index (κ3) is 3.88. The minimum absolute atomic E-state index is 0.263. The SMILES string of the molecule is CNC(=O)c1ccc(N2CCN(Cc3cc(F)c4c(c3)[nH]c(=O)c3c(C)cnn34)CC2)c(Cl)n1. The molecule has 0 spiro atoms. The van der Waals surface area contributed by atoms with Crippen LogP contribution in [0, 0.1) is 12.7 Å². The average molecular weight is 484 g/mol. The van der Waals surface area contributed by atoms with Crippen molar-refractivity contribution in [1.29, 1.82) is 0 Å². The molecule has 34 heavy (non-hydrogen) atoms. The summed E-state index contributed by atoms with van der Waals surface area (Å²) in [4.78, 5) is 35.5. The lowest BCUT2D eigenvalue weighted by Crippen LogP contribution is -2.46. The Hall–Kier alpha value is -3.50. The predicted molar refractivity (Wildman–Crippen MR) is 128 cm³/mol. The molecule has 1 saturated heterocycles. The number of anilines is 1. The molecule has 5 rings (SSSR count). The van der Waals surface area contributed by atoms with Gasteiger partial charge < -0.3 is 15.2 Å². The Labute approximate surface area is 199 Å². The van der Waals surface area contributed by atoms with Crippen LogP contribution in [0.15, 0.2) is 35.3 Å². The number of aromatic nitrogens is 4. The van der Waals surface area contributed by atoms with Crippen molar-refractivity contribution in [1.82, 2.24) is 29.8 Å². The van der Waals surface area contributed by atoms with E-state index in [0.29, 0.717) is 36.2 Å². The highest BCUT2D eigenvalue weighted by molar-refractivity contribution is 6.32. The standard InChI is InChI=1S/C23H23ClFN7O2/c1-13-11-27-32-19(13)23(34)29-17-10-14(9-15(25)20(17)32)12-30-5-7-31(8-6-30)18-4-3-16(22(33)26-2)28-21(18)24/h3-4,9-11H,5-8,12H2,1-2H3,(H,26,33)(H,29,34). The fourth-order valence-electron chi connectivity index (χ4n) is 4.44. The van der Waals surface area contributed by atoms with Gasteiger partial charge in [0.05, 0.1) is 17.4 Å². The molecule has 0 atom stereocenters. The van der Waals surface area contributed by atoms with Crippen LogP contribution in [0.25, 0.3) is 16.6 Å². The minimum atomic E-state index is -0.426. The van der Waals surface area contributed by atoms with Crippen molar-refractivity contribution in [2.45, 2.75) is 13.5 Å². The van der Waals surface area contributed by atoms with Crippen LogP contribution in [0.1, 0.15) is 21.6 Å². The van der Waals surface area contributed by atoms with Gasteiger partial charge in [0.15, 0.2) is 11.0 Å². The van der Waals surface area contributed by atoms with E-state index >= 15 is 4.39 Å². The van der Waals surface area contributed by atoms with E-state index < -0.39 is 5.82 Å². The highest BCUT2D eigenvalue weighted by Gasteiger charge is 2.21. The van der Waals surface area contributed by atoms with Crippen LogP contribution in [-0.2, 0) is 6.54 Å².